The average molecular weight is 491 g/mol. The molecule has 9 heteroatoms. The molecule has 0 radical (unpaired) electrons. The normalized spacial score (nSPS) is 12.1. The van der Waals surface area contributed by atoms with Gasteiger partial charge in [0.25, 0.3) is 5.69 Å². The molecule has 1 aliphatic rings. The molecule has 0 saturated carbocycles. The molecule has 0 fully saturated rings. The lowest BCUT2D eigenvalue weighted by atomic mass is 9.98. The molecule has 3 aromatic rings. The maximum Gasteiger partial charge on any atom is 0.407 e. The number of sulfone groups is 1. The standard InChI is InChI=1S/C26H22N2O6S/c1-35(32,33)19-14-13-18(25(16-19)28(30)31)8-6-7-15-27-26(29)34-17-24-22-11-4-2-9-20(22)21-10-3-5-12-23(21)24/h2-5,9-14,16,24H,7,15,17H2,1H3,(H,27,29). The zero-order chi connectivity index (χ0) is 25.0. The molecule has 0 saturated heterocycles. The minimum absolute atomic E-state index is 0.0385. The number of carbonyl (C=O) groups excluding carboxylic acids is 1. The highest BCUT2D eigenvalue weighted by atomic mass is 32.2. The fraction of sp³-hybridized carbons (Fsp3) is 0.192. The number of carbonyl (C=O) groups is 1. The molecule has 8 nitrogen and oxygen atoms in total. The number of nitrogens with zero attached hydrogens (tertiary/aromatic N) is 1. The first-order valence-electron chi connectivity index (χ1n) is 10.8. The molecular formula is C26H22N2O6S. The second-order valence-electron chi connectivity index (χ2n) is 8.01. The van der Waals surface area contributed by atoms with E-state index < -0.39 is 20.9 Å². The Morgan fingerprint density at radius 1 is 1.06 bits per heavy atom. The van der Waals surface area contributed by atoms with Crippen molar-refractivity contribution in [3.63, 3.8) is 0 Å². The monoisotopic (exact) mass is 490 g/mol. The van der Waals surface area contributed by atoms with Crippen LogP contribution in [0.1, 0.15) is 29.0 Å². The lowest BCUT2D eigenvalue weighted by Gasteiger charge is -2.14. The number of hydrogen-bond acceptors (Lipinski definition) is 6. The summed E-state index contributed by atoms with van der Waals surface area (Å²) >= 11 is 0. The van der Waals surface area contributed by atoms with Crippen LogP contribution in [0.2, 0.25) is 0 Å². The van der Waals surface area contributed by atoms with Gasteiger partial charge in [-0.05, 0) is 34.4 Å². The van der Waals surface area contributed by atoms with Gasteiger partial charge in [-0.25, -0.2) is 13.2 Å². The van der Waals surface area contributed by atoms with Crippen LogP contribution in [-0.4, -0.2) is 38.8 Å². The van der Waals surface area contributed by atoms with Crippen molar-refractivity contribution < 1.29 is 22.9 Å². The van der Waals surface area contributed by atoms with E-state index in [4.69, 9.17) is 4.74 Å². The predicted molar refractivity (Wildman–Crippen MR) is 131 cm³/mol. The van der Waals surface area contributed by atoms with Gasteiger partial charge < -0.3 is 10.1 Å². The summed E-state index contributed by atoms with van der Waals surface area (Å²) < 4.78 is 28.7. The van der Waals surface area contributed by atoms with E-state index in [2.05, 4.69) is 29.3 Å². The molecule has 0 aliphatic heterocycles. The number of amides is 1. The maximum atomic E-state index is 12.2. The van der Waals surface area contributed by atoms with Crippen molar-refractivity contribution in [2.75, 3.05) is 19.4 Å². The smallest absolute Gasteiger partial charge is 0.407 e. The molecule has 1 aliphatic carbocycles. The highest BCUT2D eigenvalue weighted by molar-refractivity contribution is 7.90. The Morgan fingerprint density at radius 2 is 1.69 bits per heavy atom. The second-order valence-corrected chi connectivity index (χ2v) is 10.0. The summed E-state index contributed by atoms with van der Waals surface area (Å²) in [6.45, 7) is 0.392. The molecular weight excluding hydrogens is 468 g/mol. The SMILES string of the molecule is CS(=O)(=O)c1ccc(C#CCCNC(=O)OCC2c3ccccc3-c3ccccc32)c([N+](=O)[O-])c1. The lowest BCUT2D eigenvalue weighted by molar-refractivity contribution is -0.385. The van der Waals surface area contributed by atoms with Crippen molar-refractivity contribution in [2.45, 2.75) is 17.2 Å². The number of nitro groups is 1. The third-order valence-corrected chi connectivity index (χ3v) is 6.79. The Hall–Kier alpha value is -4.16. The van der Waals surface area contributed by atoms with Crippen LogP contribution in [0.3, 0.4) is 0 Å². The Kier molecular flexibility index (Phi) is 6.85. The summed E-state index contributed by atoms with van der Waals surface area (Å²) in [6, 6.07) is 19.7. The van der Waals surface area contributed by atoms with Gasteiger partial charge in [0.1, 0.15) is 12.2 Å². The molecule has 178 valence electrons. The fourth-order valence-electron chi connectivity index (χ4n) is 4.03. The Bertz CT molecular complexity index is 1420. The molecule has 1 amide bonds. The van der Waals surface area contributed by atoms with E-state index in [9.17, 15) is 23.3 Å². The summed E-state index contributed by atoms with van der Waals surface area (Å²) in [7, 11) is -3.57. The summed E-state index contributed by atoms with van der Waals surface area (Å²) in [5.74, 6) is 5.39. The summed E-state index contributed by atoms with van der Waals surface area (Å²) in [5, 5.41) is 13.9. The minimum atomic E-state index is -3.57. The first-order valence-corrected chi connectivity index (χ1v) is 12.7. The van der Waals surface area contributed by atoms with Gasteiger partial charge in [-0.3, -0.25) is 10.1 Å². The van der Waals surface area contributed by atoms with E-state index in [1.807, 2.05) is 36.4 Å². The summed E-state index contributed by atoms with van der Waals surface area (Å²) in [4.78, 5) is 22.7. The Balaban J connectivity index is 1.32. The van der Waals surface area contributed by atoms with Crippen LogP contribution in [0.15, 0.2) is 71.6 Å². The molecule has 0 unspecified atom stereocenters. The van der Waals surface area contributed by atoms with Gasteiger partial charge in [-0.15, -0.1) is 0 Å². The third kappa shape index (κ3) is 5.34. The molecule has 35 heavy (non-hydrogen) atoms. The molecule has 3 aromatic carbocycles. The number of benzene rings is 3. The van der Waals surface area contributed by atoms with Gasteiger partial charge in [-0.1, -0.05) is 60.4 Å². The van der Waals surface area contributed by atoms with E-state index >= 15 is 0 Å². The number of nitrogens with one attached hydrogen (secondary N) is 1. The molecule has 0 aromatic heterocycles. The highest BCUT2D eigenvalue weighted by Crippen LogP contribution is 2.44. The van der Waals surface area contributed by atoms with Gasteiger partial charge in [0.2, 0.25) is 0 Å². The second kappa shape index (κ2) is 9.99. The largest absolute Gasteiger partial charge is 0.449 e. The average Bonchev–Trinajstić information content (AvgIpc) is 3.15. The number of alkyl carbamates (subject to hydrolysis) is 1. The number of ether oxygens (including phenoxy) is 1. The van der Waals surface area contributed by atoms with Crippen LogP contribution >= 0.6 is 0 Å². The minimum Gasteiger partial charge on any atom is -0.449 e. The molecule has 4 rings (SSSR count). The van der Waals surface area contributed by atoms with E-state index in [1.54, 1.807) is 0 Å². The molecule has 0 atom stereocenters. The lowest BCUT2D eigenvalue weighted by Crippen LogP contribution is -2.26. The molecule has 0 spiro atoms. The van der Waals surface area contributed by atoms with Crippen molar-refractivity contribution in [2.24, 2.45) is 0 Å². The van der Waals surface area contributed by atoms with Gasteiger partial charge in [0.05, 0.1) is 9.82 Å². The molecule has 0 heterocycles. The van der Waals surface area contributed by atoms with Crippen LogP contribution in [0.25, 0.3) is 11.1 Å². The first-order chi connectivity index (χ1) is 16.8. The van der Waals surface area contributed by atoms with Gasteiger partial charge in [0, 0.05) is 31.2 Å². The van der Waals surface area contributed by atoms with Gasteiger partial charge in [0.15, 0.2) is 9.84 Å². The predicted octanol–water partition coefficient (Wildman–Crippen LogP) is 4.28. The summed E-state index contributed by atoms with van der Waals surface area (Å²) in [5.41, 5.74) is 4.25. The topological polar surface area (TPSA) is 116 Å². The van der Waals surface area contributed by atoms with Crippen molar-refractivity contribution >= 4 is 21.6 Å². The van der Waals surface area contributed by atoms with Crippen molar-refractivity contribution in [1.29, 1.82) is 0 Å². The molecule has 1 N–H and O–H groups in total. The third-order valence-electron chi connectivity index (χ3n) is 5.68. The molecule has 0 bridgehead atoms. The van der Waals surface area contributed by atoms with Gasteiger partial charge in [-0.2, -0.15) is 0 Å². The van der Waals surface area contributed by atoms with E-state index in [0.29, 0.717) is 0 Å². The van der Waals surface area contributed by atoms with E-state index in [-0.39, 0.29) is 41.6 Å². The number of nitro benzene ring substituents is 1. The van der Waals surface area contributed by atoms with Crippen molar-refractivity contribution in [3.8, 4) is 23.0 Å². The zero-order valence-corrected chi connectivity index (χ0v) is 19.7. The van der Waals surface area contributed by atoms with Crippen LogP contribution in [0.5, 0.6) is 0 Å². The number of hydrogen-bond donors (Lipinski definition) is 1. The zero-order valence-electron chi connectivity index (χ0n) is 18.9. The van der Waals surface area contributed by atoms with Gasteiger partial charge >= 0.3 is 6.09 Å². The quantitative estimate of drug-likeness (QED) is 0.239. The van der Waals surface area contributed by atoms with Crippen LogP contribution in [0, 0.1) is 22.0 Å². The fourth-order valence-corrected chi connectivity index (χ4v) is 4.67. The number of rotatable bonds is 6. The number of fused-ring (bicyclic) bond motifs is 3. The van der Waals surface area contributed by atoms with Crippen molar-refractivity contribution in [1.82, 2.24) is 5.32 Å². The maximum absolute atomic E-state index is 12.2. The van der Waals surface area contributed by atoms with Crippen LogP contribution < -0.4 is 5.32 Å². The van der Waals surface area contributed by atoms with E-state index in [0.717, 1.165) is 34.6 Å². The van der Waals surface area contributed by atoms with Crippen LogP contribution in [-0.2, 0) is 14.6 Å². The Labute approximate surface area is 203 Å². The summed E-state index contributed by atoms with van der Waals surface area (Å²) in [6.07, 6.45) is 0.638. The Morgan fingerprint density at radius 3 is 2.29 bits per heavy atom. The first kappa shape index (κ1) is 24.0. The van der Waals surface area contributed by atoms with E-state index in [1.165, 1.54) is 12.1 Å². The van der Waals surface area contributed by atoms with Crippen molar-refractivity contribution in [3.05, 3.63) is 93.5 Å². The van der Waals surface area contributed by atoms with Crippen LogP contribution in [0.4, 0.5) is 10.5 Å². The highest BCUT2D eigenvalue weighted by Gasteiger charge is 2.28.